The summed E-state index contributed by atoms with van der Waals surface area (Å²) >= 11 is 0. The zero-order chi connectivity index (χ0) is 15.3. The molecule has 0 saturated heterocycles. The molecule has 0 fully saturated rings. The Hall–Kier alpha value is -1.63. The first-order valence-corrected chi connectivity index (χ1v) is 6.89. The molecule has 1 heterocycles. The van der Waals surface area contributed by atoms with Gasteiger partial charge in [0.25, 0.3) is 0 Å². The fourth-order valence-electron chi connectivity index (χ4n) is 1.33. The molecule has 0 amide bonds. The predicted molar refractivity (Wildman–Crippen MR) is 82.3 cm³/mol. The van der Waals surface area contributed by atoms with Gasteiger partial charge in [0, 0.05) is 20.6 Å². The van der Waals surface area contributed by atoms with Crippen LogP contribution in [-0.4, -0.2) is 52.3 Å². The molecule has 0 aliphatic rings. The first-order chi connectivity index (χ1) is 9.26. The number of aliphatic hydroxyl groups excluding tert-OH is 1. The molecule has 1 atom stereocenters. The van der Waals surface area contributed by atoms with Crippen LogP contribution in [-0.2, 0) is 0 Å². The van der Waals surface area contributed by atoms with Crippen LogP contribution in [0.25, 0.3) is 0 Å². The molecule has 0 radical (unpaired) electrons. The Kier molecular flexibility index (Phi) is 5.50. The number of nitrogens with zero attached hydrogens (tertiary/aromatic N) is 4. The monoisotopic (exact) mass is 282 g/mol. The lowest BCUT2D eigenvalue weighted by Gasteiger charge is -2.29. The van der Waals surface area contributed by atoms with E-state index < -0.39 is 11.6 Å². The Bertz CT molecular complexity index is 433. The van der Waals surface area contributed by atoms with Crippen LogP contribution in [0.3, 0.4) is 0 Å². The van der Waals surface area contributed by atoms with Crippen molar-refractivity contribution in [2.45, 2.75) is 45.8 Å². The van der Waals surface area contributed by atoms with E-state index in [1.807, 2.05) is 32.8 Å². The second kappa shape index (κ2) is 6.69. The van der Waals surface area contributed by atoms with Gasteiger partial charge in [-0.1, -0.05) is 6.92 Å². The van der Waals surface area contributed by atoms with Gasteiger partial charge in [-0.25, -0.2) is 0 Å². The first-order valence-electron chi connectivity index (χ1n) is 6.89. The van der Waals surface area contributed by atoms with Crippen LogP contribution in [0.4, 0.5) is 17.8 Å². The number of hydrogen-bond donors (Lipinski definition) is 3. The van der Waals surface area contributed by atoms with Gasteiger partial charge in [-0.2, -0.15) is 15.0 Å². The Morgan fingerprint density at radius 3 is 2.30 bits per heavy atom. The lowest BCUT2D eigenvalue weighted by Crippen LogP contribution is -2.42. The predicted octanol–water partition coefficient (Wildman–Crippen LogP) is 1.33. The van der Waals surface area contributed by atoms with Crippen molar-refractivity contribution >= 4 is 17.8 Å². The standard InChI is InChI=1S/C13H26N6O/c1-7-8-14-10-15-11(17-12(16-10)19(5)6)18-13(3,4)9(2)20/h9,20H,7-8H2,1-6H3,(H2,14,15,16,17,18). The quantitative estimate of drug-likeness (QED) is 0.695. The topological polar surface area (TPSA) is 86.2 Å². The molecule has 1 aromatic rings. The maximum atomic E-state index is 9.77. The molecule has 0 aliphatic heterocycles. The summed E-state index contributed by atoms with van der Waals surface area (Å²) in [6.45, 7) is 8.41. The minimum atomic E-state index is -0.533. The van der Waals surface area contributed by atoms with Gasteiger partial charge in [0.2, 0.25) is 17.8 Å². The van der Waals surface area contributed by atoms with E-state index in [-0.39, 0.29) is 0 Å². The molecule has 0 spiro atoms. The van der Waals surface area contributed by atoms with E-state index in [1.54, 1.807) is 6.92 Å². The van der Waals surface area contributed by atoms with E-state index in [4.69, 9.17) is 0 Å². The van der Waals surface area contributed by atoms with Crippen molar-refractivity contribution in [1.29, 1.82) is 0 Å². The van der Waals surface area contributed by atoms with Crippen molar-refractivity contribution in [2.24, 2.45) is 0 Å². The van der Waals surface area contributed by atoms with Crippen LogP contribution in [0.5, 0.6) is 0 Å². The molecule has 0 saturated carbocycles. The third-order valence-corrected chi connectivity index (χ3v) is 3.04. The minimum absolute atomic E-state index is 0.452. The van der Waals surface area contributed by atoms with Crippen LogP contribution in [0.2, 0.25) is 0 Å². The molecule has 0 aromatic carbocycles. The molecule has 1 aromatic heterocycles. The lowest BCUT2D eigenvalue weighted by molar-refractivity contribution is 0.132. The van der Waals surface area contributed by atoms with Crippen molar-refractivity contribution in [3.05, 3.63) is 0 Å². The van der Waals surface area contributed by atoms with Gasteiger partial charge in [-0.05, 0) is 27.2 Å². The zero-order valence-corrected chi connectivity index (χ0v) is 13.2. The highest BCUT2D eigenvalue weighted by atomic mass is 16.3. The molecular formula is C13H26N6O. The summed E-state index contributed by atoms with van der Waals surface area (Å²) in [7, 11) is 3.76. The molecule has 1 rings (SSSR count). The van der Waals surface area contributed by atoms with Gasteiger partial charge in [-0.15, -0.1) is 0 Å². The van der Waals surface area contributed by atoms with Gasteiger partial charge in [0.05, 0.1) is 11.6 Å². The third kappa shape index (κ3) is 4.48. The lowest BCUT2D eigenvalue weighted by atomic mass is 9.99. The summed E-state index contributed by atoms with van der Waals surface area (Å²) in [5, 5.41) is 16.1. The fraction of sp³-hybridized carbons (Fsp3) is 0.769. The molecule has 0 bridgehead atoms. The van der Waals surface area contributed by atoms with E-state index >= 15 is 0 Å². The number of aromatic nitrogens is 3. The van der Waals surface area contributed by atoms with Crippen molar-refractivity contribution in [3.8, 4) is 0 Å². The second-order valence-corrected chi connectivity index (χ2v) is 5.63. The average molecular weight is 282 g/mol. The molecule has 7 heteroatoms. The average Bonchev–Trinajstić information content (AvgIpc) is 2.35. The van der Waals surface area contributed by atoms with Gasteiger partial charge in [0.1, 0.15) is 0 Å². The number of anilines is 3. The molecule has 0 aliphatic carbocycles. The molecule has 7 nitrogen and oxygen atoms in total. The van der Waals surface area contributed by atoms with E-state index in [2.05, 4.69) is 32.5 Å². The van der Waals surface area contributed by atoms with Crippen molar-refractivity contribution < 1.29 is 5.11 Å². The molecule has 114 valence electrons. The third-order valence-electron chi connectivity index (χ3n) is 3.04. The van der Waals surface area contributed by atoms with Gasteiger partial charge < -0.3 is 20.6 Å². The van der Waals surface area contributed by atoms with E-state index in [1.165, 1.54) is 0 Å². The van der Waals surface area contributed by atoms with Gasteiger partial charge >= 0.3 is 0 Å². The minimum Gasteiger partial charge on any atom is -0.391 e. The number of aliphatic hydroxyl groups is 1. The Morgan fingerprint density at radius 2 is 1.80 bits per heavy atom. The summed E-state index contributed by atoms with van der Waals surface area (Å²) in [5.41, 5.74) is -0.521. The molecular weight excluding hydrogens is 256 g/mol. The van der Waals surface area contributed by atoms with Crippen molar-refractivity contribution in [2.75, 3.05) is 36.2 Å². The van der Waals surface area contributed by atoms with Crippen LogP contribution in [0.15, 0.2) is 0 Å². The van der Waals surface area contributed by atoms with Crippen LogP contribution >= 0.6 is 0 Å². The number of nitrogens with one attached hydrogen (secondary N) is 2. The maximum absolute atomic E-state index is 9.77. The first kappa shape index (κ1) is 16.4. The Morgan fingerprint density at radius 1 is 1.20 bits per heavy atom. The molecule has 20 heavy (non-hydrogen) atoms. The van der Waals surface area contributed by atoms with Gasteiger partial charge in [0.15, 0.2) is 0 Å². The van der Waals surface area contributed by atoms with Crippen LogP contribution in [0.1, 0.15) is 34.1 Å². The maximum Gasteiger partial charge on any atom is 0.231 e. The summed E-state index contributed by atoms with van der Waals surface area (Å²) in [6.07, 6.45) is 0.458. The SMILES string of the molecule is CCCNc1nc(NC(C)(C)C(C)O)nc(N(C)C)n1. The highest BCUT2D eigenvalue weighted by Crippen LogP contribution is 2.18. The molecule has 3 N–H and O–H groups in total. The van der Waals surface area contributed by atoms with Crippen molar-refractivity contribution in [1.82, 2.24) is 15.0 Å². The van der Waals surface area contributed by atoms with E-state index in [0.717, 1.165) is 13.0 Å². The normalized spacial score (nSPS) is 12.9. The zero-order valence-electron chi connectivity index (χ0n) is 13.2. The molecule has 1 unspecified atom stereocenters. The van der Waals surface area contributed by atoms with Crippen molar-refractivity contribution in [3.63, 3.8) is 0 Å². The summed E-state index contributed by atoms with van der Waals surface area (Å²) < 4.78 is 0. The Balaban J connectivity index is 3.02. The Labute approximate surface area is 120 Å². The summed E-state index contributed by atoms with van der Waals surface area (Å²) in [6, 6.07) is 0. The summed E-state index contributed by atoms with van der Waals surface area (Å²) in [4.78, 5) is 14.8. The second-order valence-electron chi connectivity index (χ2n) is 5.63. The van der Waals surface area contributed by atoms with Crippen LogP contribution < -0.4 is 15.5 Å². The van der Waals surface area contributed by atoms with E-state index in [9.17, 15) is 5.11 Å². The highest BCUT2D eigenvalue weighted by molar-refractivity contribution is 5.44. The highest BCUT2D eigenvalue weighted by Gasteiger charge is 2.25. The largest absolute Gasteiger partial charge is 0.391 e. The fourth-order valence-corrected chi connectivity index (χ4v) is 1.33. The van der Waals surface area contributed by atoms with Gasteiger partial charge in [-0.3, -0.25) is 0 Å². The summed E-state index contributed by atoms with van der Waals surface area (Å²) in [5.74, 6) is 1.56. The van der Waals surface area contributed by atoms with Crippen LogP contribution in [0, 0.1) is 0 Å². The number of hydrogen-bond acceptors (Lipinski definition) is 7. The number of rotatable bonds is 7. The smallest absolute Gasteiger partial charge is 0.231 e. The van der Waals surface area contributed by atoms with E-state index in [0.29, 0.717) is 17.8 Å².